The third-order valence-electron chi connectivity index (χ3n) is 4.30. The smallest absolute Gasteiger partial charge is 0.338 e. The van der Waals surface area contributed by atoms with Gasteiger partial charge in [-0.25, -0.2) is 9.59 Å². The van der Waals surface area contributed by atoms with Gasteiger partial charge in [0.1, 0.15) is 0 Å². The first kappa shape index (κ1) is 18.0. The number of hydrogen-bond acceptors (Lipinski definition) is 4. The molecule has 0 spiro atoms. The molecular weight excluding hydrogens is 308 g/mol. The van der Waals surface area contributed by atoms with Gasteiger partial charge in [-0.05, 0) is 37.8 Å². The second-order valence-corrected chi connectivity index (χ2v) is 6.33. The van der Waals surface area contributed by atoms with Crippen LogP contribution in [0, 0.1) is 12.8 Å². The van der Waals surface area contributed by atoms with Crippen molar-refractivity contribution in [2.45, 2.75) is 45.6 Å². The van der Waals surface area contributed by atoms with E-state index in [9.17, 15) is 14.4 Å². The number of imide groups is 1. The molecule has 130 valence electrons. The van der Waals surface area contributed by atoms with Crippen LogP contribution in [0.5, 0.6) is 0 Å². The van der Waals surface area contributed by atoms with Gasteiger partial charge in [-0.15, -0.1) is 0 Å². The Morgan fingerprint density at radius 2 is 1.79 bits per heavy atom. The summed E-state index contributed by atoms with van der Waals surface area (Å²) in [6.07, 6.45) is 4.25. The summed E-state index contributed by atoms with van der Waals surface area (Å²) in [7, 11) is 0. The van der Waals surface area contributed by atoms with Gasteiger partial charge in [0.25, 0.3) is 5.91 Å². The zero-order chi connectivity index (χ0) is 17.5. The van der Waals surface area contributed by atoms with E-state index in [4.69, 9.17) is 4.74 Å². The predicted octanol–water partition coefficient (Wildman–Crippen LogP) is 2.56. The van der Waals surface area contributed by atoms with E-state index < -0.39 is 24.5 Å². The van der Waals surface area contributed by atoms with E-state index in [1.54, 1.807) is 24.3 Å². The SMILES string of the molecule is Cc1ccc(C(=O)OCC(=O)NC(=O)N[C@@H]2CCCC[C@@H]2C)cc1. The standard InChI is InChI=1S/C18H24N2O4/c1-12-7-9-14(10-8-12)17(22)24-11-16(21)20-18(23)19-15-6-4-3-5-13(15)2/h7-10,13,15H,3-6,11H2,1-2H3,(H2,19,20,21,23)/t13-,15+/m0/s1. The van der Waals surface area contributed by atoms with Crippen molar-refractivity contribution in [1.29, 1.82) is 0 Å². The van der Waals surface area contributed by atoms with Crippen molar-refractivity contribution in [1.82, 2.24) is 10.6 Å². The van der Waals surface area contributed by atoms with E-state index in [0.717, 1.165) is 24.8 Å². The number of rotatable bonds is 4. The Kier molecular flexibility index (Phi) is 6.35. The van der Waals surface area contributed by atoms with Crippen molar-refractivity contribution in [2.24, 2.45) is 5.92 Å². The lowest BCUT2D eigenvalue weighted by Crippen LogP contribution is -2.48. The molecule has 1 saturated carbocycles. The average Bonchev–Trinajstić information content (AvgIpc) is 2.55. The molecule has 0 bridgehead atoms. The minimum atomic E-state index is -0.642. The van der Waals surface area contributed by atoms with Crippen molar-refractivity contribution < 1.29 is 19.1 Å². The highest BCUT2D eigenvalue weighted by Crippen LogP contribution is 2.23. The van der Waals surface area contributed by atoms with E-state index in [1.165, 1.54) is 6.42 Å². The second-order valence-electron chi connectivity index (χ2n) is 6.33. The van der Waals surface area contributed by atoms with Crippen LogP contribution in [-0.2, 0) is 9.53 Å². The molecule has 1 aliphatic rings. The van der Waals surface area contributed by atoms with Gasteiger partial charge in [-0.2, -0.15) is 0 Å². The summed E-state index contributed by atoms with van der Waals surface area (Å²) in [6.45, 7) is 3.52. The molecule has 2 N–H and O–H groups in total. The maximum absolute atomic E-state index is 11.8. The van der Waals surface area contributed by atoms with Crippen LogP contribution >= 0.6 is 0 Å². The molecular formula is C18H24N2O4. The first-order chi connectivity index (χ1) is 11.5. The third kappa shape index (κ3) is 5.37. The summed E-state index contributed by atoms with van der Waals surface area (Å²) >= 11 is 0. The number of amides is 3. The fraction of sp³-hybridized carbons (Fsp3) is 0.500. The first-order valence-corrected chi connectivity index (χ1v) is 8.30. The number of carbonyl (C=O) groups is 3. The summed E-state index contributed by atoms with van der Waals surface area (Å²) < 4.78 is 4.91. The molecule has 24 heavy (non-hydrogen) atoms. The quantitative estimate of drug-likeness (QED) is 0.830. The van der Waals surface area contributed by atoms with E-state index in [0.29, 0.717) is 11.5 Å². The maximum Gasteiger partial charge on any atom is 0.338 e. The highest BCUT2D eigenvalue weighted by Gasteiger charge is 2.23. The van der Waals surface area contributed by atoms with Gasteiger partial charge in [0.15, 0.2) is 6.61 Å². The van der Waals surface area contributed by atoms with Crippen LogP contribution in [-0.4, -0.2) is 30.6 Å². The van der Waals surface area contributed by atoms with Crippen LogP contribution in [0.25, 0.3) is 0 Å². The summed E-state index contributed by atoms with van der Waals surface area (Å²) in [5, 5.41) is 5.01. The number of urea groups is 1. The molecule has 2 atom stereocenters. The Hall–Kier alpha value is -2.37. The zero-order valence-corrected chi connectivity index (χ0v) is 14.1. The molecule has 6 nitrogen and oxygen atoms in total. The zero-order valence-electron chi connectivity index (χ0n) is 14.1. The lowest BCUT2D eigenvalue weighted by molar-refractivity contribution is -0.123. The monoisotopic (exact) mass is 332 g/mol. The lowest BCUT2D eigenvalue weighted by Gasteiger charge is -2.29. The molecule has 3 amide bonds. The third-order valence-corrected chi connectivity index (χ3v) is 4.30. The second kappa shape index (κ2) is 8.47. The molecule has 0 unspecified atom stereocenters. The van der Waals surface area contributed by atoms with Gasteiger partial charge in [0.2, 0.25) is 0 Å². The fourth-order valence-electron chi connectivity index (χ4n) is 2.80. The summed E-state index contributed by atoms with van der Waals surface area (Å²) in [6, 6.07) is 6.39. The lowest BCUT2D eigenvalue weighted by atomic mass is 9.86. The van der Waals surface area contributed by atoms with Crippen LogP contribution in [0.4, 0.5) is 4.79 Å². The van der Waals surface area contributed by atoms with Crippen LogP contribution in [0.2, 0.25) is 0 Å². The number of carbonyl (C=O) groups excluding carboxylic acids is 3. The minimum absolute atomic E-state index is 0.0849. The summed E-state index contributed by atoms with van der Waals surface area (Å²) in [4.78, 5) is 35.4. The maximum atomic E-state index is 11.8. The number of benzene rings is 1. The van der Waals surface area contributed by atoms with Crippen molar-refractivity contribution in [3.05, 3.63) is 35.4 Å². The molecule has 6 heteroatoms. The molecule has 0 aromatic heterocycles. The van der Waals surface area contributed by atoms with Crippen molar-refractivity contribution in [3.8, 4) is 0 Å². The summed E-state index contributed by atoms with van der Waals surface area (Å²) in [5.41, 5.74) is 1.40. The summed E-state index contributed by atoms with van der Waals surface area (Å²) in [5.74, 6) is -0.832. The van der Waals surface area contributed by atoms with Crippen LogP contribution in [0.1, 0.15) is 48.5 Å². The Bertz CT molecular complexity index is 598. The predicted molar refractivity (Wildman–Crippen MR) is 89.6 cm³/mol. The Morgan fingerprint density at radius 1 is 1.12 bits per heavy atom. The molecule has 0 aliphatic heterocycles. The van der Waals surface area contributed by atoms with Gasteiger partial charge >= 0.3 is 12.0 Å². The Morgan fingerprint density at radius 3 is 2.46 bits per heavy atom. The van der Waals surface area contributed by atoms with Crippen LogP contribution in [0.3, 0.4) is 0 Å². The van der Waals surface area contributed by atoms with Gasteiger partial charge in [0.05, 0.1) is 5.56 Å². The molecule has 1 aliphatic carbocycles. The van der Waals surface area contributed by atoms with Crippen LogP contribution < -0.4 is 10.6 Å². The molecule has 1 aromatic rings. The largest absolute Gasteiger partial charge is 0.452 e. The minimum Gasteiger partial charge on any atom is -0.452 e. The highest BCUT2D eigenvalue weighted by molar-refractivity contribution is 5.97. The number of hydrogen-bond donors (Lipinski definition) is 2. The highest BCUT2D eigenvalue weighted by atomic mass is 16.5. The molecule has 1 fully saturated rings. The number of esters is 1. The number of ether oxygens (including phenoxy) is 1. The average molecular weight is 332 g/mol. The first-order valence-electron chi connectivity index (χ1n) is 8.30. The van der Waals surface area contributed by atoms with Gasteiger partial charge in [0, 0.05) is 6.04 Å². The van der Waals surface area contributed by atoms with E-state index in [1.807, 2.05) is 6.92 Å². The number of aryl methyl sites for hydroxylation is 1. The molecule has 2 rings (SSSR count). The Balaban J connectivity index is 1.73. The van der Waals surface area contributed by atoms with Gasteiger partial charge < -0.3 is 10.1 Å². The topological polar surface area (TPSA) is 84.5 Å². The number of nitrogens with one attached hydrogen (secondary N) is 2. The van der Waals surface area contributed by atoms with Gasteiger partial charge in [-0.3, -0.25) is 10.1 Å². The molecule has 0 heterocycles. The Labute approximate surface area is 142 Å². The van der Waals surface area contributed by atoms with Crippen molar-refractivity contribution >= 4 is 17.9 Å². The van der Waals surface area contributed by atoms with Crippen molar-refractivity contribution in [3.63, 3.8) is 0 Å². The molecule has 0 saturated heterocycles. The van der Waals surface area contributed by atoms with E-state index in [2.05, 4.69) is 17.6 Å². The van der Waals surface area contributed by atoms with Crippen LogP contribution in [0.15, 0.2) is 24.3 Å². The fourth-order valence-corrected chi connectivity index (χ4v) is 2.80. The molecule has 0 radical (unpaired) electrons. The van der Waals surface area contributed by atoms with Gasteiger partial charge in [-0.1, -0.05) is 37.5 Å². The molecule has 1 aromatic carbocycles. The van der Waals surface area contributed by atoms with Crippen molar-refractivity contribution in [2.75, 3.05) is 6.61 Å². The van der Waals surface area contributed by atoms with E-state index in [-0.39, 0.29) is 6.04 Å². The normalized spacial score (nSPS) is 20.1. The van der Waals surface area contributed by atoms with E-state index >= 15 is 0 Å².